The summed E-state index contributed by atoms with van der Waals surface area (Å²) < 4.78 is 8.35. The lowest BCUT2D eigenvalue weighted by Crippen LogP contribution is -2.43. The van der Waals surface area contributed by atoms with E-state index in [0.29, 0.717) is 24.2 Å². The smallest absolute Gasteiger partial charge is 0.250 e. The van der Waals surface area contributed by atoms with E-state index in [2.05, 4.69) is 58.1 Å². The van der Waals surface area contributed by atoms with E-state index in [4.69, 9.17) is 14.4 Å². The van der Waals surface area contributed by atoms with Gasteiger partial charge in [0, 0.05) is 29.5 Å². The Balaban J connectivity index is 1.59. The summed E-state index contributed by atoms with van der Waals surface area (Å²) in [6.45, 7) is 11.2. The van der Waals surface area contributed by atoms with E-state index in [1.807, 2.05) is 54.0 Å². The number of aromatic hydroxyl groups is 1. The van der Waals surface area contributed by atoms with Crippen LogP contribution in [0.3, 0.4) is 0 Å². The average Bonchev–Trinajstić information content (AvgIpc) is 3.48. The van der Waals surface area contributed by atoms with Crippen LogP contribution < -0.4 is 4.43 Å². The van der Waals surface area contributed by atoms with Crippen molar-refractivity contribution in [2.24, 2.45) is 0 Å². The monoisotopic (exact) mass is 527 g/mol. The molecule has 3 aromatic heterocycles. The van der Waals surface area contributed by atoms with Crippen LogP contribution in [0.2, 0.25) is 18.1 Å². The van der Waals surface area contributed by atoms with Gasteiger partial charge in [-0.1, -0.05) is 69.3 Å². The molecule has 0 spiro atoms. The maximum Gasteiger partial charge on any atom is 0.250 e. The highest BCUT2D eigenvalue weighted by molar-refractivity contribution is 7.09. The van der Waals surface area contributed by atoms with Crippen LogP contribution >= 0.6 is 11.3 Å². The Bertz CT molecular complexity index is 1520. The molecule has 1 N–H and O–H groups in total. The minimum absolute atomic E-state index is 0.102. The van der Waals surface area contributed by atoms with E-state index in [-0.39, 0.29) is 10.9 Å². The maximum absolute atomic E-state index is 11.2. The van der Waals surface area contributed by atoms with Crippen LogP contribution in [-0.2, 0) is 12.8 Å². The second-order valence-corrected chi connectivity index (χ2v) is 16.7. The number of benzene rings is 2. The summed E-state index contributed by atoms with van der Waals surface area (Å²) in [5.41, 5.74) is 5.03. The number of hydrogen-bond acceptors (Lipinski definition) is 5. The molecule has 0 atom stereocenters. The highest BCUT2D eigenvalue weighted by Gasteiger charge is 2.39. The van der Waals surface area contributed by atoms with Crippen molar-refractivity contribution >= 4 is 25.3 Å². The first kappa shape index (κ1) is 25.2. The van der Waals surface area contributed by atoms with Crippen LogP contribution in [-0.4, -0.2) is 27.8 Å². The van der Waals surface area contributed by atoms with E-state index in [1.54, 1.807) is 15.7 Å². The molecule has 5 aromatic rings. The Morgan fingerprint density at radius 1 is 0.919 bits per heavy atom. The van der Waals surface area contributed by atoms with Crippen LogP contribution in [0.25, 0.3) is 16.9 Å². The quantitative estimate of drug-likeness (QED) is 0.220. The molecule has 0 radical (unpaired) electrons. The van der Waals surface area contributed by atoms with Gasteiger partial charge in [0.25, 0.3) is 0 Å². The summed E-state index contributed by atoms with van der Waals surface area (Å²) in [6.07, 6.45) is 3.09. The minimum Gasteiger partial charge on any atom is -0.543 e. The maximum atomic E-state index is 11.2. The van der Waals surface area contributed by atoms with Gasteiger partial charge in [0.2, 0.25) is 14.2 Å². The van der Waals surface area contributed by atoms with Gasteiger partial charge in [0.1, 0.15) is 11.4 Å². The normalized spacial score (nSPS) is 12.2. The molecule has 5 rings (SSSR count). The molecule has 190 valence electrons. The highest BCUT2D eigenvalue weighted by atomic mass is 32.1. The van der Waals surface area contributed by atoms with Crippen molar-refractivity contribution in [1.29, 1.82) is 0 Å². The lowest BCUT2D eigenvalue weighted by molar-refractivity contribution is 0.442. The largest absolute Gasteiger partial charge is 0.543 e. The Morgan fingerprint density at radius 2 is 1.70 bits per heavy atom. The molecular weight excluding hydrogens is 495 g/mol. The van der Waals surface area contributed by atoms with Crippen molar-refractivity contribution < 1.29 is 9.53 Å². The number of nitrogens with zero attached hydrogens (tertiary/aromatic N) is 3. The number of fused-ring (bicyclic) bond motifs is 1. The number of hydrogen-bond donors (Lipinski definition) is 1. The first-order chi connectivity index (χ1) is 17.6. The standard InChI is InChI=1S/C30H33N3O2SSi/c1-30(2,3)37(4,5)35-23-14-9-13-22(18-23)27-20-33-28(25(31-27)17-21-11-7-6-8-12-21)32-26(29(33)34)19-24-15-10-16-36-24/h6-16,18,20,34H,17,19H2,1-5H3. The van der Waals surface area contributed by atoms with Crippen molar-refractivity contribution in [3.63, 3.8) is 0 Å². The summed E-state index contributed by atoms with van der Waals surface area (Å²) in [5.74, 6) is 1.01. The lowest BCUT2D eigenvalue weighted by atomic mass is 10.1. The van der Waals surface area contributed by atoms with Gasteiger partial charge in [0.15, 0.2) is 5.65 Å². The molecular formula is C30H33N3O2SSi. The zero-order chi connectivity index (χ0) is 26.2. The van der Waals surface area contributed by atoms with E-state index in [0.717, 1.165) is 33.1 Å². The highest BCUT2D eigenvalue weighted by Crippen LogP contribution is 2.38. The molecule has 0 aliphatic rings. The van der Waals surface area contributed by atoms with Crippen LogP contribution in [0.4, 0.5) is 0 Å². The molecule has 0 aliphatic heterocycles. The predicted molar refractivity (Wildman–Crippen MR) is 154 cm³/mol. The van der Waals surface area contributed by atoms with Gasteiger partial charge in [-0.3, -0.25) is 4.40 Å². The summed E-state index contributed by atoms with van der Waals surface area (Å²) in [7, 11) is -1.99. The van der Waals surface area contributed by atoms with Gasteiger partial charge in [-0.15, -0.1) is 11.3 Å². The molecule has 0 unspecified atom stereocenters. The second kappa shape index (κ2) is 9.80. The minimum atomic E-state index is -1.99. The van der Waals surface area contributed by atoms with Gasteiger partial charge < -0.3 is 9.53 Å². The Labute approximate surface area is 223 Å². The van der Waals surface area contributed by atoms with E-state index < -0.39 is 8.32 Å². The number of rotatable bonds is 7. The van der Waals surface area contributed by atoms with Crippen LogP contribution in [0.1, 0.15) is 42.6 Å². The first-order valence-electron chi connectivity index (χ1n) is 12.6. The third kappa shape index (κ3) is 5.33. The molecule has 0 aliphatic carbocycles. The number of imidazole rings is 1. The SMILES string of the molecule is CC(C)(C)[Si](C)(C)Oc1cccc(-c2cn3c(O)c(Cc4cccs4)nc3c(Cc3ccccc3)n2)c1. The Morgan fingerprint density at radius 3 is 2.41 bits per heavy atom. The average molecular weight is 528 g/mol. The first-order valence-corrected chi connectivity index (χ1v) is 16.3. The summed E-state index contributed by atoms with van der Waals surface area (Å²) in [5, 5.41) is 13.4. The van der Waals surface area contributed by atoms with Crippen molar-refractivity contribution in [2.75, 3.05) is 0 Å². The molecule has 0 fully saturated rings. The van der Waals surface area contributed by atoms with Crippen molar-refractivity contribution in [3.05, 3.63) is 100 Å². The molecule has 2 aromatic carbocycles. The van der Waals surface area contributed by atoms with Gasteiger partial charge in [-0.25, -0.2) is 9.97 Å². The van der Waals surface area contributed by atoms with Crippen molar-refractivity contribution in [3.8, 4) is 22.9 Å². The summed E-state index contributed by atoms with van der Waals surface area (Å²) in [6, 6.07) is 22.5. The molecule has 0 amide bonds. The number of thiophene rings is 1. The fraction of sp³-hybridized carbons (Fsp3) is 0.267. The van der Waals surface area contributed by atoms with Gasteiger partial charge in [0.05, 0.1) is 11.4 Å². The van der Waals surface area contributed by atoms with E-state index >= 15 is 0 Å². The van der Waals surface area contributed by atoms with Crippen molar-refractivity contribution in [1.82, 2.24) is 14.4 Å². The Hall–Kier alpha value is -3.42. The summed E-state index contributed by atoms with van der Waals surface area (Å²) >= 11 is 1.66. The van der Waals surface area contributed by atoms with E-state index in [1.165, 1.54) is 0 Å². The zero-order valence-corrected chi connectivity index (χ0v) is 23.8. The Kier molecular flexibility index (Phi) is 6.68. The molecule has 5 nitrogen and oxygen atoms in total. The van der Waals surface area contributed by atoms with Crippen molar-refractivity contribution in [2.45, 2.75) is 51.7 Å². The fourth-order valence-electron chi connectivity index (χ4n) is 4.05. The third-order valence-electron chi connectivity index (χ3n) is 7.17. The molecule has 3 heterocycles. The molecule has 0 saturated carbocycles. The van der Waals surface area contributed by atoms with Crippen LogP contribution in [0.5, 0.6) is 11.6 Å². The van der Waals surface area contributed by atoms with Crippen LogP contribution in [0.15, 0.2) is 78.3 Å². The van der Waals surface area contributed by atoms with Gasteiger partial charge >= 0.3 is 0 Å². The lowest BCUT2D eigenvalue weighted by Gasteiger charge is -2.36. The van der Waals surface area contributed by atoms with E-state index in [9.17, 15) is 5.11 Å². The molecule has 7 heteroatoms. The summed E-state index contributed by atoms with van der Waals surface area (Å²) in [4.78, 5) is 11.1. The predicted octanol–water partition coefficient (Wildman–Crippen LogP) is 7.73. The third-order valence-corrected chi connectivity index (χ3v) is 12.4. The van der Waals surface area contributed by atoms with Gasteiger partial charge in [-0.2, -0.15) is 0 Å². The fourth-order valence-corrected chi connectivity index (χ4v) is 5.79. The van der Waals surface area contributed by atoms with Gasteiger partial charge in [-0.05, 0) is 47.3 Å². The number of aromatic nitrogens is 3. The molecule has 37 heavy (non-hydrogen) atoms. The molecule has 0 saturated heterocycles. The zero-order valence-electron chi connectivity index (χ0n) is 22.0. The topological polar surface area (TPSA) is 59.7 Å². The van der Waals surface area contributed by atoms with Crippen LogP contribution in [0, 0.1) is 0 Å². The second-order valence-electron chi connectivity index (χ2n) is 11.0. The molecule has 0 bridgehead atoms.